The Morgan fingerprint density at radius 2 is 1.81 bits per heavy atom. The summed E-state index contributed by atoms with van der Waals surface area (Å²) in [5, 5.41) is 1.48. The smallest absolute Gasteiger partial charge is 0.220 e. The SMILES string of the molecule is COc1ccc(CN(Cc2cc3cc(C)cc(C)c3nc2Cl)C(C)=O)cc1. The van der Waals surface area contributed by atoms with Gasteiger partial charge < -0.3 is 9.64 Å². The minimum atomic E-state index is -0.0117. The summed E-state index contributed by atoms with van der Waals surface area (Å²) >= 11 is 6.44. The molecule has 3 rings (SSSR count). The Bertz CT molecular complexity index is 984. The van der Waals surface area contributed by atoms with E-state index >= 15 is 0 Å². The van der Waals surface area contributed by atoms with Crippen molar-refractivity contribution in [2.45, 2.75) is 33.9 Å². The van der Waals surface area contributed by atoms with Gasteiger partial charge in [0.25, 0.3) is 0 Å². The number of ether oxygens (including phenoxy) is 1. The molecule has 27 heavy (non-hydrogen) atoms. The first-order valence-electron chi connectivity index (χ1n) is 8.82. The minimum Gasteiger partial charge on any atom is -0.497 e. The molecule has 1 heterocycles. The zero-order valence-electron chi connectivity index (χ0n) is 16.0. The summed E-state index contributed by atoms with van der Waals surface area (Å²) in [6.45, 7) is 6.58. The zero-order valence-corrected chi connectivity index (χ0v) is 16.8. The molecule has 0 fully saturated rings. The van der Waals surface area contributed by atoms with Crippen molar-refractivity contribution >= 4 is 28.4 Å². The average molecular weight is 383 g/mol. The zero-order chi connectivity index (χ0) is 19.6. The van der Waals surface area contributed by atoms with Crippen LogP contribution in [0.25, 0.3) is 10.9 Å². The number of hydrogen-bond donors (Lipinski definition) is 0. The lowest BCUT2D eigenvalue weighted by Crippen LogP contribution is -2.27. The second kappa shape index (κ2) is 7.97. The predicted octanol–water partition coefficient (Wildman–Crippen LogP) is 5.06. The molecule has 0 aliphatic carbocycles. The number of carbonyl (C=O) groups excluding carboxylic acids is 1. The van der Waals surface area contributed by atoms with E-state index in [4.69, 9.17) is 16.3 Å². The quantitative estimate of drug-likeness (QED) is 0.579. The van der Waals surface area contributed by atoms with Gasteiger partial charge in [0.2, 0.25) is 5.91 Å². The molecule has 140 valence electrons. The Kier molecular flexibility index (Phi) is 5.66. The number of pyridine rings is 1. The molecule has 0 saturated heterocycles. The predicted molar refractivity (Wildman–Crippen MR) is 109 cm³/mol. The molecule has 0 spiro atoms. The summed E-state index contributed by atoms with van der Waals surface area (Å²) in [6.07, 6.45) is 0. The van der Waals surface area contributed by atoms with Crippen molar-refractivity contribution in [2.75, 3.05) is 7.11 Å². The van der Waals surface area contributed by atoms with E-state index in [2.05, 4.69) is 24.0 Å². The second-order valence-corrected chi connectivity index (χ2v) is 7.17. The first-order chi connectivity index (χ1) is 12.9. The number of benzene rings is 2. The Balaban J connectivity index is 1.89. The van der Waals surface area contributed by atoms with E-state index in [1.165, 1.54) is 5.56 Å². The number of hydrogen-bond acceptors (Lipinski definition) is 3. The van der Waals surface area contributed by atoms with Crippen LogP contribution in [0, 0.1) is 13.8 Å². The van der Waals surface area contributed by atoms with E-state index in [-0.39, 0.29) is 5.91 Å². The van der Waals surface area contributed by atoms with Crippen LogP contribution in [0.15, 0.2) is 42.5 Å². The number of halogens is 1. The van der Waals surface area contributed by atoms with Crippen LogP contribution in [-0.4, -0.2) is 22.9 Å². The van der Waals surface area contributed by atoms with Crippen LogP contribution in [0.5, 0.6) is 5.75 Å². The molecule has 0 aliphatic heterocycles. The highest BCUT2D eigenvalue weighted by Crippen LogP contribution is 2.26. The number of amides is 1. The molecule has 0 atom stereocenters. The molecule has 0 saturated carbocycles. The van der Waals surface area contributed by atoms with Gasteiger partial charge in [0, 0.05) is 31.0 Å². The monoisotopic (exact) mass is 382 g/mol. The number of fused-ring (bicyclic) bond motifs is 1. The third-order valence-electron chi connectivity index (χ3n) is 4.62. The molecule has 2 aromatic carbocycles. The van der Waals surface area contributed by atoms with E-state index < -0.39 is 0 Å². The van der Waals surface area contributed by atoms with E-state index in [0.29, 0.717) is 18.2 Å². The maximum atomic E-state index is 12.2. The number of rotatable bonds is 5. The lowest BCUT2D eigenvalue weighted by molar-refractivity contribution is -0.130. The maximum Gasteiger partial charge on any atom is 0.220 e. The summed E-state index contributed by atoms with van der Waals surface area (Å²) in [4.78, 5) is 18.5. The number of aromatic nitrogens is 1. The molecule has 5 heteroatoms. The Morgan fingerprint density at radius 3 is 2.44 bits per heavy atom. The van der Waals surface area contributed by atoms with E-state index in [1.807, 2.05) is 37.3 Å². The van der Waals surface area contributed by atoms with Crippen LogP contribution in [0.3, 0.4) is 0 Å². The molecule has 0 aliphatic rings. The highest BCUT2D eigenvalue weighted by atomic mass is 35.5. The molecule has 0 bridgehead atoms. The maximum absolute atomic E-state index is 12.2. The lowest BCUT2D eigenvalue weighted by atomic mass is 10.1. The summed E-state index contributed by atoms with van der Waals surface area (Å²) in [6, 6.07) is 13.9. The first kappa shape index (κ1) is 19.2. The van der Waals surface area contributed by atoms with Crippen molar-refractivity contribution in [1.29, 1.82) is 0 Å². The molecule has 1 amide bonds. The fraction of sp³-hybridized carbons (Fsp3) is 0.273. The van der Waals surface area contributed by atoms with Gasteiger partial charge in [-0.2, -0.15) is 0 Å². The van der Waals surface area contributed by atoms with Crippen molar-refractivity contribution in [1.82, 2.24) is 9.88 Å². The molecule has 3 aromatic rings. The number of aryl methyl sites for hydroxylation is 2. The Hall–Kier alpha value is -2.59. The number of carbonyl (C=O) groups is 1. The summed E-state index contributed by atoms with van der Waals surface area (Å²) in [5.41, 5.74) is 5.05. The van der Waals surface area contributed by atoms with Gasteiger partial charge in [-0.05, 0) is 49.2 Å². The summed E-state index contributed by atoms with van der Waals surface area (Å²) in [7, 11) is 1.63. The molecule has 0 radical (unpaired) electrons. The van der Waals surface area contributed by atoms with Gasteiger partial charge >= 0.3 is 0 Å². The van der Waals surface area contributed by atoms with Gasteiger partial charge in [-0.3, -0.25) is 4.79 Å². The Labute approximate surface area is 164 Å². The van der Waals surface area contributed by atoms with Gasteiger partial charge in [0.1, 0.15) is 10.9 Å². The highest BCUT2D eigenvalue weighted by Gasteiger charge is 2.15. The standard InChI is InChI=1S/C22H23ClN2O2/c1-14-9-15(2)21-18(10-14)11-19(22(23)24-21)13-25(16(3)26)12-17-5-7-20(27-4)8-6-17/h5-11H,12-13H2,1-4H3. The number of methoxy groups -OCH3 is 1. The molecule has 0 N–H and O–H groups in total. The van der Waals surface area contributed by atoms with Crippen molar-refractivity contribution < 1.29 is 9.53 Å². The van der Waals surface area contributed by atoms with Crippen LogP contribution in [0.4, 0.5) is 0 Å². The fourth-order valence-electron chi connectivity index (χ4n) is 3.22. The van der Waals surface area contributed by atoms with Crippen molar-refractivity contribution in [3.05, 3.63) is 69.9 Å². The Morgan fingerprint density at radius 1 is 1.11 bits per heavy atom. The number of nitrogens with zero attached hydrogens (tertiary/aromatic N) is 2. The van der Waals surface area contributed by atoms with Crippen LogP contribution in [-0.2, 0) is 17.9 Å². The molecular weight excluding hydrogens is 360 g/mol. The topological polar surface area (TPSA) is 42.4 Å². The minimum absolute atomic E-state index is 0.0117. The third kappa shape index (κ3) is 4.40. The van der Waals surface area contributed by atoms with Gasteiger partial charge in [-0.1, -0.05) is 35.4 Å². The van der Waals surface area contributed by atoms with E-state index in [1.54, 1.807) is 18.9 Å². The molecule has 4 nitrogen and oxygen atoms in total. The fourth-order valence-corrected chi connectivity index (χ4v) is 3.42. The summed E-state index contributed by atoms with van der Waals surface area (Å²) < 4.78 is 5.19. The van der Waals surface area contributed by atoms with Crippen LogP contribution < -0.4 is 4.74 Å². The third-order valence-corrected chi connectivity index (χ3v) is 4.95. The normalized spacial score (nSPS) is 10.9. The van der Waals surface area contributed by atoms with Crippen molar-refractivity contribution in [2.24, 2.45) is 0 Å². The van der Waals surface area contributed by atoms with Gasteiger partial charge in [0.15, 0.2) is 0 Å². The van der Waals surface area contributed by atoms with Crippen LogP contribution >= 0.6 is 11.6 Å². The van der Waals surface area contributed by atoms with Crippen molar-refractivity contribution in [3.8, 4) is 5.75 Å². The average Bonchev–Trinajstić information content (AvgIpc) is 2.63. The van der Waals surface area contributed by atoms with E-state index in [0.717, 1.165) is 33.3 Å². The summed E-state index contributed by atoms with van der Waals surface area (Å²) in [5.74, 6) is 0.781. The largest absolute Gasteiger partial charge is 0.497 e. The molecule has 0 unspecified atom stereocenters. The van der Waals surface area contributed by atoms with E-state index in [9.17, 15) is 4.79 Å². The second-order valence-electron chi connectivity index (χ2n) is 6.81. The molecular formula is C22H23ClN2O2. The van der Waals surface area contributed by atoms with Crippen LogP contribution in [0.1, 0.15) is 29.2 Å². The lowest BCUT2D eigenvalue weighted by Gasteiger charge is -2.22. The van der Waals surface area contributed by atoms with Gasteiger partial charge in [-0.25, -0.2) is 4.98 Å². The van der Waals surface area contributed by atoms with Gasteiger partial charge in [-0.15, -0.1) is 0 Å². The molecule has 1 aromatic heterocycles. The van der Waals surface area contributed by atoms with Gasteiger partial charge in [0.05, 0.1) is 12.6 Å². The van der Waals surface area contributed by atoms with Crippen molar-refractivity contribution in [3.63, 3.8) is 0 Å². The first-order valence-corrected chi connectivity index (χ1v) is 9.20. The van der Waals surface area contributed by atoms with Crippen LogP contribution in [0.2, 0.25) is 5.15 Å². The highest BCUT2D eigenvalue weighted by molar-refractivity contribution is 6.30.